The number of likely N-dealkylation sites (tertiary alicyclic amines) is 1. The molecule has 1 saturated heterocycles. The van der Waals surface area contributed by atoms with Gasteiger partial charge in [0, 0.05) is 12.6 Å². The Kier molecular flexibility index (Phi) is 5.65. The number of benzene rings is 1. The highest BCUT2D eigenvalue weighted by molar-refractivity contribution is 5.20. The minimum Gasteiger partial charge on any atom is -0.301 e. The smallest absolute Gasteiger partial charge is 0.301 e. The third-order valence-electron chi connectivity index (χ3n) is 4.09. The van der Waals surface area contributed by atoms with Gasteiger partial charge in [0.15, 0.2) is 0 Å². The number of hydrogen-bond donors (Lipinski definition) is 1. The third kappa shape index (κ3) is 4.71. The molecule has 0 aromatic heterocycles. The Bertz CT molecular complexity index is 413. The summed E-state index contributed by atoms with van der Waals surface area (Å²) in [6.45, 7) is 4.32. The van der Waals surface area contributed by atoms with E-state index in [-0.39, 0.29) is 11.6 Å². The molecule has 0 radical (unpaired) electrons. The van der Waals surface area contributed by atoms with E-state index in [1.165, 1.54) is 18.6 Å². The van der Waals surface area contributed by atoms with Crippen LogP contribution in [-0.4, -0.2) is 36.8 Å². The van der Waals surface area contributed by atoms with Crippen molar-refractivity contribution in [1.29, 1.82) is 0 Å². The average Bonchev–Trinajstić information content (AvgIpc) is 2.48. The first kappa shape index (κ1) is 16.3. The minimum absolute atomic E-state index is 0.124. The maximum Gasteiger partial charge on any atom is 0.407 e. The molecule has 2 atom stereocenters. The fourth-order valence-electron chi connectivity index (χ4n) is 2.84. The van der Waals surface area contributed by atoms with Gasteiger partial charge in [0.1, 0.15) is 6.04 Å². The molecule has 1 aromatic rings. The van der Waals surface area contributed by atoms with E-state index in [4.69, 9.17) is 0 Å². The number of alkyl halides is 3. The summed E-state index contributed by atoms with van der Waals surface area (Å²) in [6.07, 6.45) is -0.758. The van der Waals surface area contributed by atoms with Crippen molar-refractivity contribution >= 4 is 0 Å². The van der Waals surface area contributed by atoms with Gasteiger partial charge in [-0.1, -0.05) is 36.8 Å². The molecule has 2 nitrogen and oxygen atoms in total. The minimum atomic E-state index is -4.27. The fourth-order valence-corrected chi connectivity index (χ4v) is 2.84. The maximum atomic E-state index is 13.2. The van der Waals surface area contributed by atoms with Crippen molar-refractivity contribution in [2.24, 2.45) is 0 Å². The third-order valence-corrected chi connectivity index (χ3v) is 4.09. The highest BCUT2D eigenvalue weighted by atomic mass is 19.4. The molecule has 2 rings (SSSR count). The van der Waals surface area contributed by atoms with E-state index in [1.807, 2.05) is 6.92 Å². The van der Waals surface area contributed by atoms with Gasteiger partial charge in [-0.25, -0.2) is 0 Å². The summed E-state index contributed by atoms with van der Waals surface area (Å²) in [5.41, 5.74) is 0.274. The lowest BCUT2D eigenvalue weighted by molar-refractivity contribution is -0.158. The second-order valence-corrected chi connectivity index (χ2v) is 5.74. The van der Waals surface area contributed by atoms with E-state index in [2.05, 4.69) is 10.2 Å². The number of piperidine rings is 1. The lowest BCUT2D eigenvalue weighted by atomic mass is 10.1. The highest BCUT2D eigenvalue weighted by Gasteiger charge is 2.40. The Morgan fingerprint density at radius 1 is 1.10 bits per heavy atom. The Hall–Kier alpha value is -1.07. The Balaban J connectivity index is 1.96. The molecule has 0 spiro atoms. The summed E-state index contributed by atoms with van der Waals surface area (Å²) in [4.78, 5) is 2.27. The topological polar surface area (TPSA) is 15.3 Å². The summed E-state index contributed by atoms with van der Waals surface area (Å²) in [7, 11) is 0. The average molecular weight is 300 g/mol. The summed E-state index contributed by atoms with van der Waals surface area (Å²) in [6, 6.07) is 6.60. The molecule has 1 aromatic carbocycles. The van der Waals surface area contributed by atoms with Crippen molar-refractivity contribution in [1.82, 2.24) is 10.2 Å². The van der Waals surface area contributed by atoms with Crippen LogP contribution in [0, 0.1) is 0 Å². The largest absolute Gasteiger partial charge is 0.407 e. The van der Waals surface area contributed by atoms with E-state index in [9.17, 15) is 13.2 Å². The van der Waals surface area contributed by atoms with Gasteiger partial charge in [-0.15, -0.1) is 0 Å². The van der Waals surface area contributed by atoms with Crippen molar-refractivity contribution in [3.05, 3.63) is 35.9 Å². The fraction of sp³-hybridized carbons (Fsp3) is 0.625. The van der Waals surface area contributed by atoms with Gasteiger partial charge in [0.05, 0.1) is 0 Å². The Morgan fingerprint density at radius 2 is 1.71 bits per heavy atom. The number of halogens is 3. The van der Waals surface area contributed by atoms with Gasteiger partial charge in [-0.2, -0.15) is 13.2 Å². The summed E-state index contributed by atoms with van der Waals surface area (Å²) < 4.78 is 39.7. The number of hydrogen-bond acceptors (Lipinski definition) is 2. The van der Waals surface area contributed by atoms with Crippen LogP contribution in [0.2, 0.25) is 0 Å². The molecule has 0 bridgehead atoms. The summed E-state index contributed by atoms with van der Waals surface area (Å²) >= 11 is 0. The van der Waals surface area contributed by atoms with Gasteiger partial charge in [-0.05, 0) is 38.4 Å². The summed E-state index contributed by atoms with van der Waals surface area (Å²) in [5.74, 6) is 0. The number of nitrogens with zero attached hydrogens (tertiary/aromatic N) is 1. The molecular formula is C16H23F3N2. The standard InChI is InChI=1S/C16H23F3N2/c1-13(21-10-6-3-7-11-21)12-20-15(16(17,18)19)14-8-4-2-5-9-14/h2,4-5,8-9,13,15,20H,3,6-7,10-12H2,1H3. The van der Waals surface area contributed by atoms with Gasteiger partial charge in [0.2, 0.25) is 0 Å². The van der Waals surface area contributed by atoms with Crippen LogP contribution >= 0.6 is 0 Å². The SMILES string of the molecule is CC(CNC(c1ccccc1)C(F)(F)F)N1CCCCC1. The first-order valence-corrected chi connectivity index (χ1v) is 7.57. The first-order chi connectivity index (χ1) is 9.98. The van der Waals surface area contributed by atoms with E-state index < -0.39 is 12.2 Å². The zero-order valence-electron chi connectivity index (χ0n) is 12.4. The highest BCUT2D eigenvalue weighted by Crippen LogP contribution is 2.32. The van der Waals surface area contributed by atoms with Crippen molar-refractivity contribution in [3.8, 4) is 0 Å². The Morgan fingerprint density at radius 3 is 2.29 bits per heavy atom. The molecule has 1 aliphatic heterocycles. The van der Waals surface area contributed by atoms with Gasteiger partial charge in [0.25, 0.3) is 0 Å². The second kappa shape index (κ2) is 7.27. The van der Waals surface area contributed by atoms with Gasteiger partial charge >= 0.3 is 6.18 Å². The molecule has 21 heavy (non-hydrogen) atoms. The van der Waals surface area contributed by atoms with Crippen LogP contribution in [0.1, 0.15) is 37.8 Å². The Labute approximate surface area is 124 Å². The predicted octanol–water partition coefficient (Wildman–Crippen LogP) is 3.75. The maximum absolute atomic E-state index is 13.2. The van der Waals surface area contributed by atoms with E-state index in [0.717, 1.165) is 25.9 Å². The van der Waals surface area contributed by atoms with Crippen LogP contribution in [0.3, 0.4) is 0 Å². The molecule has 1 N–H and O–H groups in total. The van der Waals surface area contributed by atoms with Crippen LogP contribution in [0.15, 0.2) is 30.3 Å². The molecule has 0 amide bonds. The van der Waals surface area contributed by atoms with Crippen LogP contribution in [0.25, 0.3) is 0 Å². The lowest BCUT2D eigenvalue weighted by Gasteiger charge is -2.33. The van der Waals surface area contributed by atoms with Crippen LogP contribution in [0.5, 0.6) is 0 Å². The van der Waals surface area contributed by atoms with E-state index in [1.54, 1.807) is 18.2 Å². The molecule has 0 saturated carbocycles. The molecule has 118 valence electrons. The van der Waals surface area contributed by atoms with Crippen LogP contribution in [0.4, 0.5) is 13.2 Å². The molecular weight excluding hydrogens is 277 g/mol. The van der Waals surface area contributed by atoms with Crippen molar-refractivity contribution in [2.75, 3.05) is 19.6 Å². The van der Waals surface area contributed by atoms with Gasteiger partial charge in [-0.3, -0.25) is 4.90 Å². The van der Waals surface area contributed by atoms with Crippen LogP contribution < -0.4 is 5.32 Å². The van der Waals surface area contributed by atoms with Crippen molar-refractivity contribution < 1.29 is 13.2 Å². The quantitative estimate of drug-likeness (QED) is 0.891. The molecule has 1 heterocycles. The van der Waals surface area contributed by atoms with Crippen molar-refractivity contribution in [3.63, 3.8) is 0 Å². The van der Waals surface area contributed by atoms with Gasteiger partial charge < -0.3 is 5.32 Å². The molecule has 5 heteroatoms. The number of rotatable bonds is 5. The summed E-state index contributed by atoms with van der Waals surface area (Å²) in [5, 5.41) is 2.71. The van der Waals surface area contributed by atoms with Crippen molar-refractivity contribution in [2.45, 2.75) is 44.4 Å². The molecule has 0 aliphatic carbocycles. The molecule has 1 aliphatic rings. The lowest BCUT2D eigenvalue weighted by Crippen LogP contribution is -2.46. The number of nitrogens with one attached hydrogen (secondary N) is 1. The zero-order chi connectivity index (χ0) is 15.3. The predicted molar refractivity (Wildman–Crippen MR) is 78.1 cm³/mol. The monoisotopic (exact) mass is 300 g/mol. The molecule has 2 unspecified atom stereocenters. The molecule has 1 fully saturated rings. The first-order valence-electron chi connectivity index (χ1n) is 7.57. The zero-order valence-corrected chi connectivity index (χ0v) is 12.4. The van der Waals surface area contributed by atoms with E-state index in [0.29, 0.717) is 6.54 Å². The normalized spacial score (nSPS) is 20.2. The van der Waals surface area contributed by atoms with Crippen LogP contribution in [-0.2, 0) is 0 Å². The second-order valence-electron chi connectivity index (χ2n) is 5.74. The van der Waals surface area contributed by atoms with E-state index >= 15 is 0 Å².